The van der Waals surface area contributed by atoms with Crippen LogP contribution in [0.3, 0.4) is 0 Å². The van der Waals surface area contributed by atoms with E-state index in [0.29, 0.717) is 13.1 Å². The molecule has 1 aliphatic rings. The number of carboxylic acids is 1. The number of nitrogens with zero attached hydrogens (tertiary/aromatic N) is 5. The van der Waals surface area contributed by atoms with E-state index < -0.39 is 17.3 Å². The number of aryl methyl sites for hydroxylation is 3. The van der Waals surface area contributed by atoms with Gasteiger partial charge in [-0.3, -0.25) is 14.7 Å². The van der Waals surface area contributed by atoms with Crippen molar-refractivity contribution < 1.29 is 19.4 Å². The van der Waals surface area contributed by atoms with Crippen LogP contribution >= 0.6 is 0 Å². The number of hydrogen-bond acceptors (Lipinski definition) is 7. The number of pyridine rings is 1. The van der Waals surface area contributed by atoms with Gasteiger partial charge in [0.1, 0.15) is 23.1 Å². The molecule has 2 aromatic heterocycles. The number of hydrogen-bond donors (Lipinski definition) is 1. The zero-order chi connectivity index (χ0) is 32.0. The molecular weight excluding hydrogens is 566 g/mol. The number of carboxylic acid groups (broad SMARTS) is 1. The summed E-state index contributed by atoms with van der Waals surface area (Å²) in [6, 6.07) is 16.5. The number of methoxy groups -OCH3 is 1. The molecule has 3 heterocycles. The van der Waals surface area contributed by atoms with Crippen LogP contribution in [-0.2, 0) is 24.9 Å². The third-order valence-electron chi connectivity index (χ3n) is 9.47. The van der Waals surface area contributed by atoms with Gasteiger partial charge in [-0.05, 0) is 86.2 Å². The van der Waals surface area contributed by atoms with Crippen molar-refractivity contribution in [3.63, 3.8) is 0 Å². The second-order valence-corrected chi connectivity index (χ2v) is 12.8. The van der Waals surface area contributed by atoms with E-state index in [1.807, 2.05) is 46.0 Å². The lowest BCUT2D eigenvalue weighted by Crippen LogP contribution is -2.33. The minimum absolute atomic E-state index is 0.0231. The Labute approximate surface area is 263 Å². The van der Waals surface area contributed by atoms with Crippen LogP contribution in [0.4, 0.5) is 0 Å². The Morgan fingerprint density at radius 1 is 1.16 bits per heavy atom. The minimum Gasteiger partial charge on any atom is -0.496 e. The summed E-state index contributed by atoms with van der Waals surface area (Å²) in [6.45, 7) is 12.1. The molecule has 0 spiro atoms. The molecule has 1 unspecified atom stereocenters. The summed E-state index contributed by atoms with van der Waals surface area (Å²) in [7, 11) is 3.54. The summed E-state index contributed by atoms with van der Waals surface area (Å²) in [5.74, 6) is 0.398. The second kappa shape index (κ2) is 11.8. The fourth-order valence-electron chi connectivity index (χ4n) is 6.70. The van der Waals surface area contributed by atoms with Crippen molar-refractivity contribution in [1.82, 2.24) is 24.9 Å². The number of fused-ring (bicyclic) bond motifs is 3. The maximum atomic E-state index is 12.7. The third-order valence-corrected chi connectivity index (χ3v) is 9.47. The highest BCUT2D eigenvalue weighted by Gasteiger charge is 2.40. The van der Waals surface area contributed by atoms with Crippen molar-refractivity contribution in [3.8, 4) is 11.5 Å². The van der Waals surface area contributed by atoms with Crippen molar-refractivity contribution in [3.05, 3.63) is 88.1 Å². The number of benzene rings is 3. The predicted octanol–water partition coefficient (Wildman–Crippen LogP) is 6.56. The number of carbonyl (C=O) groups is 1. The summed E-state index contributed by atoms with van der Waals surface area (Å²) in [5.41, 5.74) is 7.79. The standard InChI is InChI=1S/C36H41N5O4/c1-8-26-20-41(19-25-16-29-28(17-32(25)45-26)31(44-7)13-14-37-29)18-24-15-23(10-9-21(24)2)33(36(4,5)35(42)43)27-11-12-30-34(22(27)3)38-39-40(30)6/h9-17,26,33H,8,18-20H2,1-7H3,(H,42,43)/t26-,33?/m1/s1. The van der Waals surface area contributed by atoms with Gasteiger partial charge in [0.15, 0.2) is 0 Å². The molecular formula is C36H41N5O4. The van der Waals surface area contributed by atoms with E-state index in [9.17, 15) is 9.90 Å². The molecule has 1 N–H and O–H groups in total. The third kappa shape index (κ3) is 5.50. The lowest BCUT2D eigenvalue weighted by molar-refractivity contribution is -0.147. The highest BCUT2D eigenvalue weighted by atomic mass is 16.5. The summed E-state index contributed by atoms with van der Waals surface area (Å²) < 4.78 is 13.9. The molecule has 0 bridgehead atoms. The Morgan fingerprint density at radius 2 is 1.96 bits per heavy atom. The molecule has 0 saturated heterocycles. The van der Waals surface area contributed by atoms with Crippen LogP contribution in [-0.4, -0.2) is 55.7 Å². The lowest BCUT2D eigenvalue weighted by Gasteiger charge is -2.33. The molecule has 0 amide bonds. The van der Waals surface area contributed by atoms with Crippen molar-refractivity contribution >= 4 is 27.9 Å². The van der Waals surface area contributed by atoms with Crippen LogP contribution in [0, 0.1) is 19.3 Å². The van der Waals surface area contributed by atoms with Gasteiger partial charge in [0.25, 0.3) is 0 Å². The molecule has 6 rings (SSSR count). The molecule has 9 heteroatoms. The first-order valence-electron chi connectivity index (χ1n) is 15.5. The van der Waals surface area contributed by atoms with Gasteiger partial charge in [0, 0.05) is 49.7 Å². The highest BCUT2D eigenvalue weighted by Crippen LogP contribution is 2.44. The van der Waals surface area contributed by atoms with Gasteiger partial charge in [-0.1, -0.05) is 36.4 Å². The van der Waals surface area contributed by atoms with Gasteiger partial charge in [0.2, 0.25) is 0 Å². The molecule has 5 aromatic rings. The van der Waals surface area contributed by atoms with Crippen molar-refractivity contribution in [2.45, 2.75) is 66.2 Å². The van der Waals surface area contributed by atoms with E-state index in [4.69, 9.17) is 9.47 Å². The molecule has 3 aromatic carbocycles. The fraction of sp³-hybridized carbons (Fsp3) is 0.389. The maximum absolute atomic E-state index is 12.7. The maximum Gasteiger partial charge on any atom is 0.310 e. The number of aliphatic carboxylic acids is 1. The minimum atomic E-state index is -1.08. The summed E-state index contributed by atoms with van der Waals surface area (Å²) in [6.07, 6.45) is 2.66. The van der Waals surface area contributed by atoms with Gasteiger partial charge in [0.05, 0.1) is 23.6 Å². The molecule has 2 atom stereocenters. The van der Waals surface area contributed by atoms with Crippen LogP contribution < -0.4 is 9.47 Å². The Kier molecular flexibility index (Phi) is 7.99. The monoisotopic (exact) mass is 607 g/mol. The van der Waals surface area contributed by atoms with Gasteiger partial charge in [-0.15, -0.1) is 5.10 Å². The Bertz CT molecular complexity index is 1910. The van der Waals surface area contributed by atoms with Crippen LogP contribution in [0.2, 0.25) is 0 Å². The van der Waals surface area contributed by atoms with E-state index in [1.54, 1.807) is 18.0 Å². The lowest BCUT2D eigenvalue weighted by atomic mass is 9.69. The van der Waals surface area contributed by atoms with Crippen molar-refractivity contribution in [1.29, 1.82) is 0 Å². The van der Waals surface area contributed by atoms with Crippen LogP contribution in [0.25, 0.3) is 21.9 Å². The number of rotatable bonds is 8. The van der Waals surface area contributed by atoms with Crippen LogP contribution in [0.5, 0.6) is 11.5 Å². The van der Waals surface area contributed by atoms with E-state index in [2.05, 4.69) is 64.4 Å². The van der Waals surface area contributed by atoms with Gasteiger partial charge < -0.3 is 14.6 Å². The van der Waals surface area contributed by atoms with Gasteiger partial charge in [-0.25, -0.2) is 4.68 Å². The zero-order valence-corrected chi connectivity index (χ0v) is 27.1. The molecule has 0 saturated carbocycles. The largest absolute Gasteiger partial charge is 0.496 e. The van der Waals surface area contributed by atoms with Crippen molar-refractivity contribution in [2.24, 2.45) is 12.5 Å². The summed E-state index contributed by atoms with van der Waals surface area (Å²) in [5, 5.41) is 20.0. The summed E-state index contributed by atoms with van der Waals surface area (Å²) in [4.78, 5) is 19.8. The van der Waals surface area contributed by atoms with E-state index >= 15 is 0 Å². The smallest absolute Gasteiger partial charge is 0.310 e. The van der Waals surface area contributed by atoms with E-state index in [0.717, 1.165) is 79.8 Å². The Balaban J connectivity index is 1.39. The van der Waals surface area contributed by atoms with E-state index in [1.165, 1.54) is 0 Å². The highest BCUT2D eigenvalue weighted by molar-refractivity contribution is 5.87. The zero-order valence-electron chi connectivity index (χ0n) is 27.1. The van der Waals surface area contributed by atoms with Crippen LogP contribution in [0.15, 0.2) is 54.7 Å². The van der Waals surface area contributed by atoms with E-state index in [-0.39, 0.29) is 6.10 Å². The predicted molar refractivity (Wildman–Crippen MR) is 175 cm³/mol. The first kappa shape index (κ1) is 30.5. The second-order valence-electron chi connectivity index (χ2n) is 12.8. The molecule has 45 heavy (non-hydrogen) atoms. The van der Waals surface area contributed by atoms with Crippen LogP contribution in [0.1, 0.15) is 66.5 Å². The van der Waals surface area contributed by atoms with Gasteiger partial charge in [-0.2, -0.15) is 0 Å². The molecule has 9 nitrogen and oxygen atoms in total. The molecule has 234 valence electrons. The quantitative estimate of drug-likeness (QED) is 0.212. The normalized spacial score (nSPS) is 16.3. The fourth-order valence-corrected chi connectivity index (χ4v) is 6.70. The SMILES string of the molecule is CC[C@@H]1CN(Cc2cc(C(c3ccc4c(nnn4C)c3C)C(C)(C)C(=O)O)ccc2C)Cc2cc3nccc(OC)c3cc2O1. The topological polar surface area (TPSA) is 103 Å². The first-order valence-corrected chi connectivity index (χ1v) is 15.5. The molecule has 0 aliphatic carbocycles. The van der Waals surface area contributed by atoms with Crippen molar-refractivity contribution in [2.75, 3.05) is 13.7 Å². The Morgan fingerprint density at radius 3 is 2.69 bits per heavy atom. The van der Waals surface area contributed by atoms with Gasteiger partial charge >= 0.3 is 5.97 Å². The number of ether oxygens (including phenoxy) is 2. The average molecular weight is 608 g/mol. The average Bonchev–Trinajstić information content (AvgIpc) is 3.30. The molecule has 1 aliphatic heterocycles. The number of aromatic nitrogens is 4. The Hall–Kier alpha value is -4.50. The summed E-state index contributed by atoms with van der Waals surface area (Å²) >= 11 is 0. The molecule has 0 fully saturated rings. The molecule has 0 radical (unpaired) electrons. The first-order chi connectivity index (χ1) is 21.5.